The molecule has 1 unspecified atom stereocenters. The Morgan fingerprint density at radius 3 is 2.25 bits per heavy atom. The molecule has 12 heavy (non-hydrogen) atoms. The summed E-state index contributed by atoms with van der Waals surface area (Å²) in [6.07, 6.45) is 5.51. The molecule has 2 heteroatoms. The predicted molar refractivity (Wildman–Crippen MR) is 48.9 cm³/mol. The van der Waals surface area contributed by atoms with E-state index in [1.165, 1.54) is 25.7 Å². The zero-order valence-corrected chi connectivity index (χ0v) is 7.63. The highest BCUT2D eigenvalue weighted by Gasteiger charge is 2.33. The van der Waals surface area contributed by atoms with Gasteiger partial charge >= 0.3 is 0 Å². The van der Waals surface area contributed by atoms with Gasteiger partial charge in [0.1, 0.15) is 0 Å². The molecule has 0 bridgehead atoms. The zero-order valence-electron chi connectivity index (χ0n) is 7.63. The van der Waals surface area contributed by atoms with Gasteiger partial charge in [-0.15, -0.1) is 0 Å². The number of rotatable bonds is 3. The maximum atomic E-state index is 9.29. The fourth-order valence-electron chi connectivity index (χ4n) is 2.68. The predicted octanol–water partition coefficient (Wildman–Crippen LogP) is 1.00. The van der Waals surface area contributed by atoms with Crippen LogP contribution in [0.15, 0.2) is 0 Å². The summed E-state index contributed by atoms with van der Waals surface area (Å²) in [7, 11) is 0. The summed E-state index contributed by atoms with van der Waals surface area (Å²) in [5.41, 5.74) is 0. The van der Waals surface area contributed by atoms with Gasteiger partial charge < -0.3 is 10.4 Å². The summed E-state index contributed by atoms with van der Waals surface area (Å²) >= 11 is 0. The highest BCUT2D eigenvalue weighted by molar-refractivity contribution is 4.87. The summed E-state index contributed by atoms with van der Waals surface area (Å²) in [4.78, 5) is 0. The van der Waals surface area contributed by atoms with Gasteiger partial charge in [-0.25, -0.2) is 0 Å². The number of aliphatic hydroxyl groups excluding tert-OH is 1. The summed E-state index contributed by atoms with van der Waals surface area (Å²) in [6, 6.07) is 0. The van der Waals surface area contributed by atoms with Gasteiger partial charge in [-0.1, -0.05) is 25.7 Å². The summed E-state index contributed by atoms with van der Waals surface area (Å²) in [5.74, 6) is 2.22. The van der Waals surface area contributed by atoms with Crippen molar-refractivity contribution in [3.63, 3.8) is 0 Å². The third-order valence-electron chi connectivity index (χ3n) is 3.63. The molecule has 0 aromatic carbocycles. The van der Waals surface area contributed by atoms with Crippen LogP contribution in [0.3, 0.4) is 0 Å². The van der Waals surface area contributed by atoms with E-state index in [0.29, 0.717) is 12.5 Å². The van der Waals surface area contributed by atoms with Crippen molar-refractivity contribution in [1.82, 2.24) is 5.32 Å². The van der Waals surface area contributed by atoms with Gasteiger partial charge in [-0.2, -0.15) is 0 Å². The minimum Gasteiger partial charge on any atom is -0.396 e. The smallest absolute Gasteiger partial charge is 0.0465 e. The van der Waals surface area contributed by atoms with E-state index in [0.717, 1.165) is 24.9 Å². The van der Waals surface area contributed by atoms with Gasteiger partial charge in [-0.3, -0.25) is 0 Å². The molecule has 1 atom stereocenters. The molecule has 1 heterocycles. The van der Waals surface area contributed by atoms with E-state index in [4.69, 9.17) is 0 Å². The largest absolute Gasteiger partial charge is 0.396 e. The van der Waals surface area contributed by atoms with E-state index in [1.54, 1.807) is 0 Å². The molecule has 2 nitrogen and oxygen atoms in total. The molecule has 1 saturated heterocycles. The van der Waals surface area contributed by atoms with Crippen molar-refractivity contribution in [2.75, 3.05) is 19.7 Å². The molecule has 1 saturated carbocycles. The van der Waals surface area contributed by atoms with Crippen molar-refractivity contribution >= 4 is 0 Å². The van der Waals surface area contributed by atoms with Crippen LogP contribution in [0.25, 0.3) is 0 Å². The Morgan fingerprint density at radius 2 is 1.83 bits per heavy atom. The topological polar surface area (TPSA) is 32.3 Å². The first-order chi connectivity index (χ1) is 5.92. The maximum absolute atomic E-state index is 9.29. The fourth-order valence-corrected chi connectivity index (χ4v) is 2.68. The quantitative estimate of drug-likeness (QED) is 0.660. The molecule has 0 aromatic heterocycles. The molecule has 2 rings (SSSR count). The Morgan fingerprint density at radius 1 is 1.17 bits per heavy atom. The summed E-state index contributed by atoms with van der Waals surface area (Å²) in [6.45, 7) is 2.69. The minimum atomic E-state index is 0.414. The van der Waals surface area contributed by atoms with Crippen LogP contribution in [0.5, 0.6) is 0 Å². The number of aliphatic hydroxyl groups is 1. The van der Waals surface area contributed by atoms with Crippen LogP contribution in [0, 0.1) is 17.8 Å². The van der Waals surface area contributed by atoms with Crippen molar-refractivity contribution in [1.29, 1.82) is 0 Å². The van der Waals surface area contributed by atoms with Crippen molar-refractivity contribution in [3.8, 4) is 0 Å². The van der Waals surface area contributed by atoms with Gasteiger partial charge in [0.05, 0.1) is 0 Å². The lowest BCUT2D eigenvalue weighted by molar-refractivity contribution is 0.0919. The second-order valence-electron chi connectivity index (χ2n) is 4.31. The normalized spacial score (nSPS) is 28.8. The highest BCUT2D eigenvalue weighted by atomic mass is 16.3. The standard InChI is InChI=1S/C10H19NO/c12-7-10(9-5-11-6-9)8-3-1-2-4-8/h8-12H,1-7H2. The molecule has 1 aliphatic carbocycles. The van der Waals surface area contributed by atoms with Gasteiger partial charge in [0.25, 0.3) is 0 Å². The molecular weight excluding hydrogens is 150 g/mol. The van der Waals surface area contributed by atoms with Crippen molar-refractivity contribution in [2.24, 2.45) is 17.8 Å². The molecular formula is C10H19NO. The summed E-state index contributed by atoms with van der Waals surface area (Å²) < 4.78 is 0. The number of hydrogen-bond donors (Lipinski definition) is 2. The molecule has 0 aromatic rings. The van der Waals surface area contributed by atoms with Crippen LogP contribution < -0.4 is 5.32 Å². The molecule has 1 aliphatic heterocycles. The molecule has 2 fully saturated rings. The lowest BCUT2D eigenvalue weighted by Crippen LogP contribution is -2.48. The Hall–Kier alpha value is -0.0800. The van der Waals surface area contributed by atoms with Crippen LogP contribution in [-0.2, 0) is 0 Å². The van der Waals surface area contributed by atoms with Gasteiger partial charge in [0.15, 0.2) is 0 Å². The molecule has 70 valence electrons. The van der Waals surface area contributed by atoms with Crippen molar-refractivity contribution in [2.45, 2.75) is 25.7 Å². The second-order valence-corrected chi connectivity index (χ2v) is 4.31. The van der Waals surface area contributed by atoms with Crippen molar-refractivity contribution < 1.29 is 5.11 Å². The van der Waals surface area contributed by atoms with E-state index >= 15 is 0 Å². The van der Waals surface area contributed by atoms with E-state index in [9.17, 15) is 5.11 Å². The number of nitrogens with one attached hydrogen (secondary N) is 1. The van der Waals surface area contributed by atoms with Crippen molar-refractivity contribution in [3.05, 3.63) is 0 Å². The van der Waals surface area contributed by atoms with E-state index in [-0.39, 0.29) is 0 Å². The average Bonchev–Trinajstić information content (AvgIpc) is 2.47. The molecule has 2 N–H and O–H groups in total. The van der Waals surface area contributed by atoms with Gasteiger partial charge in [0, 0.05) is 6.61 Å². The lowest BCUT2D eigenvalue weighted by atomic mass is 9.78. The molecule has 0 amide bonds. The first kappa shape index (κ1) is 8.52. The lowest BCUT2D eigenvalue weighted by Gasteiger charge is -2.37. The highest BCUT2D eigenvalue weighted by Crippen LogP contribution is 2.36. The third kappa shape index (κ3) is 1.50. The van der Waals surface area contributed by atoms with Crippen LogP contribution in [0.4, 0.5) is 0 Å². The average molecular weight is 169 g/mol. The summed E-state index contributed by atoms with van der Waals surface area (Å²) in [5, 5.41) is 12.6. The van der Waals surface area contributed by atoms with Gasteiger partial charge in [-0.05, 0) is 30.8 Å². The monoisotopic (exact) mass is 169 g/mol. The third-order valence-corrected chi connectivity index (χ3v) is 3.63. The Balaban J connectivity index is 1.87. The SMILES string of the molecule is OCC(C1CCCC1)C1CNC1. The number of hydrogen-bond acceptors (Lipinski definition) is 2. The molecule has 0 spiro atoms. The first-order valence-corrected chi connectivity index (χ1v) is 5.23. The van der Waals surface area contributed by atoms with Crippen LogP contribution in [0.2, 0.25) is 0 Å². The maximum Gasteiger partial charge on any atom is 0.0465 e. The Kier molecular flexibility index (Phi) is 2.66. The fraction of sp³-hybridized carbons (Fsp3) is 1.00. The van der Waals surface area contributed by atoms with Crippen LogP contribution in [0.1, 0.15) is 25.7 Å². The molecule has 0 radical (unpaired) electrons. The first-order valence-electron chi connectivity index (χ1n) is 5.23. The second kappa shape index (κ2) is 3.75. The van der Waals surface area contributed by atoms with Crippen LogP contribution >= 0.6 is 0 Å². The van der Waals surface area contributed by atoms with Gasteiger partial charge in [0.2, 0.25) is 0 Å². The van der Waals surface area contributed by atoms with E-state index < -0.39 is 0 Å². The Labute approximate surface area is 74.4 Å². The van der Waals surface area contributed by atoms with Crippen LogP contribution in [-0.4, -0.2) is 24.8 Å². The minimum absolute atomic E-state index is 0.414. The molecule has 2 aliphatic rings. The zero-order chi connectivity index (χ0) is 8.39. The van der Waals surface area contributed by atoms with E-state index in [1.807, 2.05) is 0 Å². The Bertz CT molecular complexity index is 139. The van der Waals surface area contributed by atoms with E-state index in [2.05, 4.69) is 5.32 Å².